The zero-order valence-electron chi connectivity index (χ0n) is 20.5. The van der Waals surface area contributed by atoms with Crippen molar-refractivity contribution in [3.63, 3.8) is 0 Å². The topological polar surface area (TPSA) is 108 Å². The summed E-state index contributed by atoms with van der Waals surface area (Å²) in [6.45, 7) is 6.13. The molecule has 0 unspecified atom stereocenters. The van der Waals surface area contributed by atoms with Gasteiger partial charge in [-0.2, -0.15) is 4.98 Å². The van der Waals surface area contributed by atoms with Crippen LogP contribution in [0.1, 0.15) is 0 Å². The van der Waals surface area contributed by atoms with Crippen LogP contribution >= 0.6 is 0 Å². The van der Waals surface area contributed by atoms with Gasteiger partial charge in [0.2, 0.25) is 11.9 Å². The summed E-state index contributed by atoms with van der Waals surface area (Å²) in [5, 5.41) is 5.55. The number of aromatic nitrogens is 4. The number of rotatable bonds is 6. The first-order valence-electron chi connectivity index (χ1n) is 11.8. The summed E-state index contributed by atoms with van der Waals surface area (Å²) in [4.78, 5) is 40.8. The fourth-order valence-corrected chi connectivity index (χ4v) is 4.17. The summed E-state index contributed by atoms with van der Waals surface area (Å²) in [6, 6.07) is 5.95. The maximum atomic E-state index is 15.0. The van der Waals surface area contributed by atoms with E-state index in [2.05, 4.69) is 37.1 Å². The van der Waals surface area contributed by atoms with Crippen molar-refractivity contribution >= 4 is 40.0 Å². The Kier molecular flexibility index (Phi) is 6.79. The quantitative estimate of drug-likeness (QED) is 0.375. The highest BCUT2D eigenvalue weighted by Crippen LogP contribution is 2.29. The van der Waals surface area contributed by atoms with E-state index in [9.17, 15) is 14.0 Å². The third-order valence-electron chi connectivity index (χ3n) is 6.24. The molecule has 5 rings (SSSR count). The number of carbonyl (C=O) groups is 1. The van der Waals surface area contributed by atoms with Crippen molar-refractivity contribution in [1.29, 1.82) is 0 Å². The molecular formula is C26H24F2N8O2. The van der Waals surface area contributed by atoms with Crippen LogP contribution in [0.25, 0.3) is 16.7 Å². The third kappa shape index (κ3) is 4.93. The number of halogens is 2. The van der Waals surface area contributed by atoms with Crippen LogP contribution < -0.4 is 21.0 Å². The average molecular weight is 519 g/mol. The zero-order valence-corrected chi connectivity index (χ0v) is 20.5. The number of nitrogens with one attached hydrogen (secondary N) is 2. The Hall–Kier alpha value is -4.71. The molecule has 1 fully saturated rings. The lowest BCUT2D eigenvalue weighted by Gasteiger charge is -2.34. The molecule has 0 bridgehead atoms. The van der Waals surface area contributed by atoms with Crippen molar-refractivity contribution < 1.29 is 13.6 Å². The first kappa shape index (κ1) is 25.0. The lowest BCUT2D eigenvalue weighted by Crippen LogP contribution is -2.44. The van der Waals surface area contributed by atoms with Gasteiger partial charge in [-0.05, 0) is 31.3 Å². The minimum Gasteiger partial charge on any atom is -0.367 e. The number of carbonyl (C=O) groups excluding carboxylic acids is 1. The van der Waals surface area contributed by atoms with Gasteiger partial charge in [-0.15, -0.1) is 0 Å². The lowest BCUT2D eigenvalue weighted by molar-refractivity contribution is -0.111. The van der Waals surface area contributed by atoms with E-state index in [0.29, 0.717) is 24.5 Å². The molecule has 0 saturated carbocycles. The van der Waals surface area contributed by atoms with E-state index in [4.69, 9.17) is 0 Å². The van der Waals surface area contributed by atoms with Crippen LogP contribution in [0.15, 0.2) is 66.5 Å². The summed E-state index contributed by atoms with van der Waals surface area (Å²) >= 11 is 0. The maximum Gasteiger partial charge on any atom is 0.247 e. The average Bonchev–Trinajstić information content (AvgIpc) is 2.92. The Morgan fingerprint density at radius 1 is 1.08 bits per heavy atom. The Morgan fingerprint density at radius 2 is 1.87 bits per heavy atom. The Balaban J connectivity index is 1.48. The number of benzene rings is 1. The number of amides is 1. The molecule has 1 amide bonds. The minimum absolute atomic E-state index is 0.0356. The normalized spacial score (nSPS) is 13.9. The first-order valence-corrected chi connectivity index (χ1v) is 11.8. The van der Waals surface area contributed by atoms with Gasteiger partial charge in [-0.25, -0.2) is 13.8 Å². The van der Waals surface area contributed by atoms with E-state index < -0.39 is 17.5 Å². The van der Waals surface area contributed by atoms with Gasteiger partial charge in [0, 0.05) is 44.6 Å². The Labute approximate surface area is 216 Å². The number of pyridine rings is 2. The van der Waals surface area contributed by atoms with E-state index in [1.165, 1.54) is 43.0 Å². The van der Waals surface area contributed by atoms with Crippen LogP contribution in [-0.2, 0) is 4.79 Å². The van der Waals surface area contributed by atoms with Gasteiger partial charge in [-0.3, -0.25) is 19.1 Å². The number of anilines is 4. The second-order valence-corrected chi connectivity index (χ2v) is 8.78. The molecule has 1 aromatic carbocycles. The summed E-state index contributed by atoms with van der Waals surface area (Å²) in [5.74, 6) is -2.45. The molecule has 1 aliphatic rings. The van der Waals surface area contributed by atoms with Gasteiger partial charge in [-0.1, -0.05) is 6.58 Å². The minimum atomic E-state index is -1.05. The highest BCUT2D eigenvalue weighted by atomic mass is 19.2. The molecule has 0 aliphatic carbocycles. The van der Waals surface area contributed by atoms with Crippen molar-refractivity contribution in [2.45, 2.75) is 0 Å². The predicted octanol–water partition coefficient (Wildman–Crippen LogP) is 3.07. The van der Waals surface area contributed by atoms with Crippen LogP contribution in [0.2, 0.25) is 0 Å². The number of hydrogen-bond acceptors (Lipinski definition) is 8. The van der Waals surface area contributed by atoms with Crippen molar-refractivity contribution in [1.82, 2.24) is 24.4 Å². The van der Waals surface area contributed by atoms with Gasteiger partial charge in [0.15, 0.2) is 22.7 Å². The fourth-order valence-electron chi connectivity index (χ4n) is 4.17. The number of likely N-dealkylation sites (N-methyl/N-ethyl adjacent to an activating group) is 1. The Bertz CT molecular complexity index is 1600. The number of fused-ring (bicyclic) bond motifs is 1. The van der Waals surface area contributed by atoms with Gasteiger partial charge < -0.3 is 20.4 Å². The molecule has 194 valence electrons. The highest BCUT2D eigenvalue weighted by Gasteiger charge is 2.22. The standard InChI is InChI=1S/C26H24F2N8O2/c1-3-22(38)31-16-12-17(14-29-13-16)36-7-6-21(37)18-15-30-26(33-25(18)36)32-19-4-5-20(24(28)23(19)27)35-10-8-34(2)9-11-35/h3-7,12-15H,1,8-11H2,2H3,(H,31,38)(H,30,32,33). The summed E-state index contributed by atoms with van der Waals surface area (Å²) < 4.78 is 31.6. The molecular weight excluding hydrogens is 494 g/mol. The summed E-state index contributed by atoms with van der Waals surface area (Å²) in [5.41, 5.74) is 0.852. The third-order valence-corrected chi connectivity index (χ3v) is 6.24. The predicted molar refractivity (Wildman–Crippen MR) is 141 cm³/mol. The smallest absolute Gasteiger partial charge is 0.247 e. The number of piperazine rings is 1. The molecule has 3 aromatic heterocycles. The van der Waals surface area contributed by atoms with E-state index in [1.54, 1.807) is 10.6 Å². The molecule has 38 heavy (non-hydrogen) atoms. The Morgan fingerprint density at radius 3 is 2.63 bits per heavy atom. The number of nitrogens with zero attached hydrogens (tertiary/aromatic N) is 6. The molecule has 0 radical (unpaired) electrons. The number of hydrogen-bond donors (Lipinski definition) is 2. The maximum absolute atomic E-state index is 15.0. The lowest BCUT2D eigenvalue weighted by atomic mass is 10.2. The SMILES string of the molecule is C=CC(=O)Nc1cncc(-n2ccc(=O)c3cnc(Nc4ccc(N5CCN(C)CC5)c(F)c4F)nc32)c1. The summed E-state index contributed by atoms with van der Waals surface area (Å²) in [6.07, 6.45) is 6.93. The van der Waals surface area contributed by atoms with Gasteiger partial charge >= 0.3 is 0 Å². The molecule has 10 nitrogen and oxygen atoms in total. The van der Waals surface area contributed by atoms with Crippen LogP contribution in [0, 0.1) is 11.6 Å². The molecule has 0 spiro atoms. The van der Waals surface area contributed by atoms with E-state index >= 15 is 4.39 Å². The van der Waals surface area contributed by atoms with Gasteiger partial charge in [0.25, 0.3) is 0 Å². The van der Waals surface area contributed by atoms with E-state index in [0.717, 1.165) is 19.2 Å². The molecule has 4 aromatic rings. The first-order chi connectivity index (χ1) is 18.3. The summed E-state index contributed by atoms with van der Waals surface area (Å²) in [7, 11) is 1.98. The van der Waals surface area contributed by atoms with Crippen molar-refractivity contribution in [3.05, 3.63) is 83.6 Å². The fraction of sp³-hybridized carbons (Fsp3) is 0.192. The van der Waals surface area contributed by atoms with Crippen LogP contribution in [-0.4, -0.2) is 63.6 Å². The molecule has 4 heterocycles. The van der Waals surface area contributed by atoms with Gasteiger partial charge in [0.05, 0.1) is 40.5 Å². The van der Waals surface area contributed by atoms with Crippen molar-refractivity contribution in [3.8, 4) is 5.69 Å². The molecule has 1 aliphatic heterocycles. The largest absolute Gasteiger partial charge is 0.367 e. The van der Waals surface area contributed by atoms with E-state index in [-0.39, 0.29) is 33.8 Å². The zero-order chi connectivity index (χ0) is 26.8. The van der Waals surface area contributed by atoms with Crippen LogP contribution in [0.5, 0.6) is 0 Å². The highest BCUT2D eigenvalue weighted by molar-refractivity contribution is 5.98. The second-order valence-electron chi connectivity index (χ2n) is 8.78. The second kappa shape index (κ2) is 10.3. The molecule has 1 saturated heterocycles. The van der Waals surface area contributed by atoms with Crippen molar-refractivity contribution in [2.75, 3.05) is 48.8 Å². The van der Waals surface area contributed by atoms with Crippen LogP contribution in [0.3, 0.4) is 0 Å². The monoisotopic (exact) mass is 518 g/mol. The van der Waals surface area contributed by atoms with E-state index in [1.807, 2.05) is 11.9 Å². The van der Waals surface area contributed by atoms with Gasteiger partial charge in [0.1, 0.15) is 0 Å². The molecule has 12 heteroatoms. The molecule has 0 atom stereocenters. The van der Waals surface area contributed by atoms with Crippen molar-refractivity contribution in [2.24, 2.45) is 0 Å². The van der Waals surface area contributed by atoms with Crippen LogP contribution in [0.4, 0.5) is 31.8 Å². The molecule has 2 N–H and O–H groups in total.